The van der Waals surface area contributed by atoms with Crippen molar-refractivity contribution < 1.29 is 134 Å². The number of hydrogen-bond acceptors (Lipinski definition) is 16. The Kier molecular flexibility index (Phi) is 49.9. The zero-order valence-electron chi connectivity index (χ0n) is 67.0. The second kappa shape index (κ2) is 55.9. The Labute approximate surface area is 740 Å². The van der Waals surface area contributed by atoms with Gasteiger partial charge >= 0.3 is 6.18 Å². The summed E-state index contributed by atoms with van der Waals surface area (Å²) in [5.74, 6) is 0.772. The molecule has 4 aromatic heterocycles. The van der Waals surface area contributed by atoms with Gasteiger partial charge in [0.2, 0.25) is 0 Å². The van der Waals surface area contributed by atoms with E-state index in [1.165, 1.54) is 12.4 Å². The number of hydrogen-bond donors (Lipinski definition) is 8. The summed E-state index contributed by atoms with van der Waals surface area (Å²) in [7, 11) is 0. The molecular weight excluding hydrogens is 2190 g/mol. The summed E-state index contributed by atoms with van der Waals surface area (Å²) in [6.07, 6.45) is -0.833. The Morgan fingerprint density at radius 3 is 1.04 bits per heavy atom. The van der Waals surface area contributed by atoms with E-state index >= 15 is 0 Å². The van der Waals surface area contributed by atoms with Crippen LogP contribution in [-0.2, 0) is 86.6 Å². The van der Waals surface area contributed by atoms with Crippen LogP contribution < -0.4 is 0 Å². The molecule has 23 heteroatoms. The predicted molar refractivity (Wildman–Crippen MR) is 444 cm³/mol. The van der Waals surface area contributed by atoms with Gasteiger partial charge in [0, 0.05) is 86.0 Å². The molecule has 8 unspecified atom stereocenters. The normalized spacial score (nSPS) is 12.3. The van der Waals surface area contributed by atoms with Crippen LogP contribution in [0.25, 0.3) is 101 Å². The molecule has 8 N–H and O–H groups in total. The standard InChI is InChI=1S/C22H15N2.C18H12F3N2.2C17H13N2.4C5H12O2.4Ir/c1-4-10-17(11-5-1)20-21(18-12-6-2-7-13-18)23-16-24-22(20)19-14-8-3-9-15-19;1-12-2-4-13(5-3-12)16-10-17(23-11-22-16)14-6-8-15(9-7-14)18(19,20)21;1-13-16(14-8-4-2-5-9-14)18-12-19-17(13)15-10-6-3-7-11-15;1-13-18-16(14-8-4-2-5-9-14)12-17(19-13)15-10-6-3-7-11-15;4*1-4(6)3-5(2)7;;;;/h1-14,16H;2-6,8-11H,1H3;2*2-10,12H,1H3;4*4-7H,3H2,1-2H3;;;;/q4*-1;;;;;;;;. The van der Waals surface area contributed by atoms with Crippen molar-refractivity contribution in [3.05, 3.63) is 314 Å². The van der Waals surface area contributed by atoms with E-state index in [2.05, 4.69) is 120 Å². The van der Waals surface area contributed by atoms with E-state index in [9.17, 15) is 13.2 Å². The molecule has 0 aliphatic heterocycles. The average Bonchev–Trinajstić information content (AvgIpc) is 0.778. The molecule has 0 bridgehead atoms. The molecule has 0 amide bonds. The molecule has 0 aliphatic carbocycles. The van der Waals surface area contributed by atoms with Crippen LogP contribution in [-0.4, -0.2) is 130 Å². The van der Waals surface area contributed by atoms with Crippen LogP contribution in [0.4, 0.5) is 13.2 Å². The number of halogens is 3. The van der Waals surface area contributed by atoms with Gasteiger partial charge in [-0.25, -0.2) is 19.9 Å². The maximum atomic E-state index is 12.6. The topological polar surface area (TPSA) is 265 Å². The number of aromatic nitrogens is 8. The van der Waals surface area contributed by atoms with Gasteiger partial charge in [-0.1, -0.05) is 163 Å². The Balaban J connectivity index is 0.000000473. The summed E-state index contributed by atoms with van der Waals surface area (Å²) in [5, 5.41) is 68.5. The first-order valence-corrected chi connectivity index (χ1v) is 37.1. The minimum absolute atomic E-state index is 0. The van der Waals surface area contributed by atoms with Crippen molar-refractivity contribution in [1.82, 2.24) is 39.9 Å². The van der Waals surface area contributed by atoms with Crippen molar-refractivity contribution in [2.24, 2.45) is 0 Å². The third kappa shape index (κ3) is 38.8. The van der Waals surface area contributed by atoms with Crippen LogP contribution in [0.15, 0.2) is 268 Å². The molecule has 0 saturated carbocycles. The molecule has 4 heterocycles. The van der Waals surface area contributed by atoms with Gasteiger partial charge in [-0.15, -0.1) is 138 Å². The Hall–Kier alpha value is -8.63. The van der Waals surface area contributed by atoms with Crippen LogP contribution in [0.3, 0.4) is 0 Å². The third-order valence-corrected chi connectivity index (χ3v) is 16.1. The van der Waals surface area contributed by atoms with Gasteiger partial charge < -0.3 is 40.9 Å². The average molecular weight is 2300 g/mol. The molecule has 117 heavy (non-hydrogen) atoms. The summed E-state index contributed by atoms with van der Waals surface area (Å²) in [4.78, 5) is 35.3. The molecule has 8 atom stereocenters. The number of aryl methyl sites for hydroxylation is 2. The molecule has 0 spiro atoms. The maximum Gasteiger partial charge on any atom is 0.381 e. The van der Waals surface area contributed by atoms with Crippen LogP contribution >= 0.6 is 0 Å². The number of nitrogens with zero attached hydrogens (tertiary/aromatic N) is 8. The fourth-order valence-electron chi connectivity index (χ4n) is 11.1. The third-order valence-electron chi connectivity index (χ3n) is 16.1. The van der Waals surface area contributed by atoms with E-state index < -0.39 is 11.7 Å². The van der Waals surface area contributed by atoms with E-state index in [-0.39, 0.29) is 129 Å². The van der Waals surface area contributed by atoms with Gasteiger partial charge in [0.15, 0.2) is 0 Å². The van der Waals surface area contributed by atoms with Crippen molar-refractivity contribution >= 4 is 0 Å². The summed E-state index contributed by atoms with van der Waals surface area (Å²) in [6, 6.07) is 91.7. The molecule has 9 aromatic carbocycles. The van der Waals surface area contributed by atoms with Gasteiger partial charge in [-0.3, -0.25) is 19.9 Å². The second-order valence-corrected chi connectivity index (χ2v) is 27.0. The molecule has 4 radical (unpaired) electrons. The van der Waals surface area contributed by atoms with Gasteiger partial charge in [-0.05, 0) is 164 Å². The molecule has 0 aliphatic rings. The number of aliphatic hydroxyl groups excluding tert-OH is 8. The molecule has 0 fully saturated rings. The van der Waals surface area contributed by atoms with E-state index in [1.54, 1.807) is 74.1 Å². The van der Waals surface area contributed by atoms with Crippen molar-refractivity contribution in [3.8, 4) is 101 Å². The summed E-state index contributed by atoms with van der Waals surface area (Å²) < 4.78 is 37.8. The van der Waals surface area contributed by atoms with Crippen LogP contribution in [0.2, 0.25) is 0 Å². The molecule has 13 rings (SSSR count). The minimum Gasteiger partial charge on any atom is -0.393 e. The molecule has 16 nitrogen and oxygen atoms in total. The summed E-state index contributed by atoms with van der Waals surface area (Å²) in [5.41, 5.74) is 18.1. The summed E-state index contributed by atoms with van der Waals surface area (Å²) >= 11 is 0. The molecule has 0 saturated heterocycles. The predicted octanol–water partition coefficient (Wildman–Crippen LogP) is 18.6. The molecule has 626 valence electrons. The van der Waals surface area contributed by atoms with Gasteiger partial charge in [0.05, 0.1) is 71.6 Å². The number of alkyl halides is 3. The van der Waals surface area contributed by atoms with Crippen molar-refractivity contribution in [2.45, 2.75) is 157 Å². The van der Waals surface area contributed by atoms with Crippen LogP contribution in [0.5, 0.6) is 0 Å². The van der Waals surface area contributed by atoms with Crippen molar-refractivity contribution in [2.75, 3.05) is 0 Å². The minimum atomic E-state index is -4.37. The Morgan fingerprint density at radius 2 is 0.641 bits per heavy atom. The molecule has 13 aromatic rings. The Bertz CT molecular complexity index is 4540. The van der Waals surface area contributed by atoms with E-state index in [1.807, 2.05) is 190 Å². The van der Waals surface area contributed by atoms with Crippen molar-refractivity contribution in [1.29, 1.82) is 0 Å². The quantitative estimate of drug-likeness (QED) is 0.0394. The van der Waals surface area contributed by atoms with E-state index in [0.717, 1.165) is 113 Å². The Morgan fingerprint density at radius 1 is 0.308 bits per heavy atom. The second-order valence-electron chi connectivity index (χ2n) is 27.0. The first kappa shape index (κ1) is 104. The largest absolute Gasteiger partial charge is 0.393 e. The van der Waals surface area contributed by atoms with E-state index in [0.29, 0.717) is 42.6 Å². The number of benzene rings is 9. The summed E-state index contributed by atoms with van der Waals surface area (Å²) in [6.45, 7) is 19.2. The van der Waals surface area contributed by atoms with Gasteiger partial charge in [0.1, 0.15) is 24.8 Å². The van der Waals surface area contributed by atoms with E-state index in [4.69, 9.17) is 40.9 Å². The first-order valence-electron chi connectivity index (χ1n) is 37.1. The van der Waals surface area contributed by atoms with Gasteiger partial charge in [0.25, 0.3) is 0 Å². The zero-order valence-corrected chi connectivity index (χ0v) is 76.6. The first-order chi connectivity index (χ1) is 54.1. The van der Waals surface area contributed by atoms with Gasteiger partial charge in [-0.2, -0.15) is 13.2 Å². The molecular formula is C94H101F3Ir4N8O8-4. The fourth-order valence-corrected chi connectivity index (χ4v) is 11.1. The zero-order chi connectivity index (χ0) is 82.2. The fraction of sp³-hybridized carbons (Fsp3) is 0.255. The smallest absolute Gasteiger partial charge is 0.381 e. The van der Waals surface area contributed by atoms with Crippen molar-refractivity contribution in [3.63, 3.8) is 0 Å². The van der Waals surface area contributed by atoms with Crippen LogP contribution in [0.1, 0.15) is 104 Å². The number of aliphatic hydroxyl groups is 8. The SMILES string of the molecule is CC(O)CC(C)O.CC(O)CC(C)O.CC(O)CC(C)O.CC(O)CC(C)O.Cc1c(-c2[c-]cccc2)ncnc1-c1ccccc1.Cc1ccc(-c2cc(-c3[c-]cc(C(F)(F)F)cc3)ncn2)cc1.Cc1nc(-c2[c-]cccc2)cc(-c2ccccc2)n1.[Ir].[Ir].[Ir].[Ir].[c-]1ccccc1-c1ncnc(-c2ccccc2)c1-c1ccccc1. The monoisotopic (exact) mass is 2300 g/mol. The number of rotatable bonds is 17. The maximum absolute atomic E-state index is 12.6. The van der Waals surface area contributed by atoms with Crippen LogP contribution in [0, 0.1) is 45.0 Å².